The average molecular weight is 831 g/mol. The molecule has 0 amide bonds. The van der Waals surface area contributed by atoms with Crippen LogP contribution in [0.3, 0.4) is 0 Å². The molecular formula is C62H58N2. The van der Waals surface area contributed by atoms with E-state index in [9.17, 15) is 0 Å². The topological polar surface area (TPSA) is 6.48 Å². The second-order valence-corrected chi connectivity index (χ2v) is 19.7. The van der Waals surface area contributed by atoms with Crippen molar-refractivity contribution in [3.05, 3.63) is 224 Å². The number of hydrogen-bond donors (Lipinski definition) is 0. The molecule has 0 spiro atoms. The Bertz CT molecular complexity index is 2900. The van der Waals surface area contributed by atoms with Crippen molar-refractivity contribution in [1.82, 2.24) is 0 Å². The largest absolute Gasteiger partial charge is 0.310 e. The maximum Gasteiger partial charge on any atom is 0.0466 e. The standard InChI is InChI=1S/C62H58N2/c1-39-11-19-47(20-12-39)63(51-31-41(3)29-42(4)32-51)49-23-27-55-53-25-17-45(35-57(53)61(7,8)59(55)37-49)15-16-46-18-26-54-56-28-24-50(38-60(56)62(9,10)58(54)36-46)64(48-21-13-40(2)14-22-48)52-33-43(5)30-44(6)34-52/h11-38H,1-10H3/b16-15+. The number of anilines is 6. The van der Waals surface area contributed by atoms with Gasteiger partial charge in [0.25, 0.3) is 0 Å². The van der Waals surface area contributed by atoms with Crippen molar-refractivity contribution in [2.75, 3.05) is 9.80 Å². The SMILES string of the molecule is Cc1ccc(N(c2cc(C)cc(C)c2)c2ccc3c(c2)C(C)(C)c2cc(/C=C/c4ccc5c(c4)C(C)(C)c4cc(N(c6ccc(C)cc6)c6cc(C)cc(C)c6)ccc4-5)ccc2-3)cc1. The summed E-state index contributed by atoms with van der Waals surface area (Å²) in [6.45, 7) is 22.6. The molecule has 0 radical (unpaired) electrons. The molecule has 316 valence electrons. The molecule has 0 heterocycles. The molecule has 0 aliphatic heterocycles. The zero-order chi connectivity index (χ0) is 44.7. The molecule has 2 aliphatic rings. The summed E-state index contributed by atoms with van der Waals surface area (Å²) in [5.74, 6) is 0. The predicted octanol–water partition coefficient (Wildman–Crippen LogP) is 17.3. The minimum absolute atomic E-state index is 0.165. The van der Waals surface area contributed by atoms with Crippen LogP contribution in [0.2, 0.25) is 0 Å². The van der Waals surface area contributed by atoms with E-state index in [0.29, 0.717) is 0 Å². The van der Waals surface area contributed by atoms with Gasteiger partial charge in [0.05, 0.1) is 0 Å². The third kappa shape index (κ3) is 7.16. The second kappa shape index (κ2) is 15.4. The van der Waals surface area contributed by atoms with Crippen LogP contribution in [0.5, 0.6) is 0 Å². The minimum atomic E-state index is -0.165. The molecule has 2 aliphatic carbocycles. The molecule has 0 saturated heterocycles. The molecule has 2 nitrogen and oxygen atoms in total. The van der Waals surface area contributed by atoms with E-state index in [1.54, 1.807) is 0 Å². The molecule has 0 bridgehead atoms. The Morgan fingerprint density at radius 2 is 0.578 bits per heavy atom. The lowest BCUT2D eigenvalue weighted by molar-refractivity contribution is 0.660. The smallest absolute Gasteiger partial charge is 0.0466 e. The van der Waals surface area contributed by atoms with Gasteiger partial charge in [0.15, 0.2) is 0 Å². The summed E-state index contributed by atoms with van der Waals surface area (Å²) in [4.78, 5) is 4.82. The third-order valence-electron chi connectivity index (χ3n) is 13.9. The number of nitrogens with zero attached hydrogens (tertiary/aromatic N) is 2. The second-order valence-electron chi connectivity index (χ2n) is 19.7. The highest BCUT2D eigenvalue weighted by Crippen LogP contribution is 2.53. The van der Waals surface area contributed by atoms with E-state index in [1.165, 1.54) is 112 Å². The molecule has 0 atom stereocenters. The van der Waals surface area contributed by atoms with Gasteiger partial charge < -0.3 is 9.80 Å². The molecule has 10 rings (SSSR count). The Balaban J connectivity index is 0.948. The van der Waals surface area contributed by atoms with E-state index >= 15 is 0 Å². The van der Waals surface area contributed by atoms with Crippen LogP contribution in [0.4, 0.5) is 34.1 Å². The van der Waals surface area contributed by atoms with Gasteiger partial charge in [-0.15, -0.1) is 0 Å². The normalized spacial score (nSPS) is 14.0. The number of aryl methyl sites for hydroxylation is 6. The van der Waals surface area contributed by atoms with E-state index in [0.717, 1.165) is 11.4 Å². The molecule has 0 saturated carbocycles. The molecule has 8 aromatic rings. The summed E-state index contributed by atoms with van der Waals surface area (Å²) in [6, 6.07) is 59.7. The van der Waals surface area contributed by atoms with Crippen LogP contribution in [0, 0.1) is 41.5 Å². The summed E-state index contributed by atoms with van der Waals surface area (Å²) in [5.41, 5.74) is 27.5. The van der Waals surface area contributed by atoms with Crippen molar-refractivity contribution in [1.29, 1.82) is 0 Å². The first-order chi connectivity index (χ1) is 30.6. The van der Waals surface area contributed by atoms with Gasteiger partial charge in [0, 0.05) is 45.0 Å². The molecule has 2 heteroatoms. The highest BCUT2D eigenvalue weighted by atomic mass is 15.1. The van der Waals surface area contributed by atoms with Crippen molar-refractivity contribution >= 4 is 46.3 Å². The molecular weight excluding hydrogens is 773 g/mol. The predicted molar refractivity (Wildman–Crippen MR) is 275 cm³/mol. The number of rotatable bonds is 8. The Kier molecular flexibility index (Phi) is 9.91. The molecule has 0 fully saturated rings. The zero-order valence-corrected chi connectivity index (χ0v) is 39.1. The Morgan fingerprint density at radius 3 is 0.922 bits per heavy atom. The summed E-state index contributed by atoms with van der Waals surface area (Å²) in [6.07, 6.45) is 4.59. The van der Waals surface area contributed by atoms with E-state index < -0.39 is 0 Å². The fourth-order valence-electron chi connectivity index (χ4n) is 10.6. The van der Waals surface area contributed by atoms with Gasteiger partial charge in [-0.05, 0) is 192 Å². The van der Waals surface area contributed by atoms with E-state index in [1.807, 2.05) is 0 Å². The molecule has 64 heavy (non-hydrogen) atoms. The highest BCUT2D eigenvalue weighted by molar-refractivity contribution is 5.89. The first-order valence-electron chi connectivity index (χ1n) is 22.8. The number of benzene rings is 8. The Hall–Kier alpha value is -6.90. The maximum absolute atomic E-state index is 2.43. The van der Waals surface area contributed by atoms with Crippen molar-refractivity contribution in [2.24, 2.45) is 0 Å². The van der Waals surface area contributed by atoms with Crippen LogP contribution in [0.1, 0.15) is 94.5 Å². The van der Waals surface area contributed by atoms with Crippen LogP contribution < -0.4 is 9.80 Å². The fraction of sp³-hybridized carbons (Fsp3) is 0.194. The lowest BCUT2D eigenvalue weighted by atomic mass is 9.81. The zero-order valence-electron chi connectivity index (χ0n) is 39.1. The molecule has 0 aromatic heterocycles. The van der Waals surface area contributed by atoms with Crippen LogP contribution in [0.25, 0.3) is 34.4 Å². The number of hydrogen-bond acceptors (Lipinski definition) is 2. The van der Waals surface area contributed by atoms with Crippen LogP contribution in [-0.4, -0.2) is 0 Å². The van der Waals surface area contributed by atoms with Crippen LogP contribution in [0.15, 0.2) is 158 Å². The van der Waals surface area contributed by atoms with Crippen LogP contribution in [-0.2, 0) is 10.8 Å². The summed E-state index contributed by atoms with van der Waals surface area (Å²) < 4.78 is 0. The van der Waals surface area contributed by atoms with Crippen molar-refractivity contribution in [3.63, 3.8) is 0 Å². The lowest BCUT2D eigenvalue weighted by Gasteiger charge is -2.28. The highest BCUT2D eigenvalue weighted by Gasteiger charge is 2.38. The summed E-state index contributed by atoms with van der Waals surface area (Å²) in [7, 11) is 0. The van der Waals surface area contributed by atoms with Gasteiger partial charge in [-0.25, -0.2) is 0 Å². The van der Waals surface area contributed by atoms with Crippen LogP contribution >= 0.6 is 0 Å². The summed E-state index contributed by atoms with van der Waals surface area (Å²) >= 11 is 0. The quantitative estimate of drug-likeness (QED) is 0.141. The van der Waals surface area contributed by atoms with Crippen molar-refractivity contribution in [2.45, 2.75) is 80.1 Å². The minimum Gasteiger partial charge on any atom is -0.310 e. The first kappa shape index (κ1) is 41.1. The van der Waals surface area contributed by atoms with E-state index in [-0.39, 0.29) is 10.8 Å². The first-order valence-corrected chi connectivity index (χ1v) is 22.8. The lowest BCUT2D eigenvalue weighted by Crippen LogP contribution is -2.17. The fourth-order valence-corrected chi connectivity index (χ4v) is 10.6. The Morgan fingerprint density at radius 1 is 0.281 bits per heavy atom. The van der Waals surface area contributed by atoms with Crippen molar-refractivity contribution < 1.29 is 0 Å². The third-order valence-corrected chi connectivity index (χ3v) is 13.9. The Labute approximate surface area is 381 Å². The van der Waals surface area contributed by atoms with Gasteiger partial charge >= 0.3 is 0 Å². The monoisotopic (exact) mass is 830 g/mol. The molecule has 0 N–H and O–H groups in total. The van der Waals surface area contributed by atoms with Gasteiger partial charge in [0.2, 0.25) is 0 Å². The average Bonchev–Trinajstić information content (AvgIpc) is 3.62. The van der Waals surface area contributed by atoms with Gasteiger partial charge in [0.1, 0.15) is 0 Å². The maximum atomic E-state index is 2.43. The number of fused-ring (bicyclic) bond motifs is 6. The molecule has 0 unspecified atom stereocenters. The van der Waals surface area contributed by atoms with Crippen molar-refractivity contribution in [3.8, 4) is 22.3 Å². The van der Waals surface area contributed by atoms with E-state index in [2.05, 4.69) is 249 Å². The van der Waals surface area contributed by atoms with Gasteiger partial charge in [-0.2, -0.15) is 0 Å². The van der Waals surface area contributed by atoms with E-state index in [4.69, 9.17) is 0 Å². The molecule has 8 aromatic carbocycles. The summed E-state index contributed by atoms with van der Waals surface area (Å²) in [5, 5.41) is 0. The van der Waals surface area contributed by atoms with Gasteiger partial charge in [-0.3, -0.25) is 0 Å². The van der Waals surface area contributed by atoms with Gasteiger partial charge in [-0.1, -0.05) is 136 Å².